The lowest BCUT2D eigenvalue weighted by Crippen LogP contribution is -1.83. The minimum Gasteiger partial charge on any atom is -0.334 e. The topological polar surface area (TPSA) is 38.9 Å². The lowest BCUT2D eigenvalue weighted by molar-refractivity contribution is 0.408. The summed E-state index contributed by atoms with van der Waals surface area (Å²) in [7, 11) is 0. The van der Waals surface area contributed by atoms with Crippen LogP contribution in [0, 0.1) is 12.8 Å². The molecular weight excluding hydrogens is 248 g/mol. The maximum Gasteiger partial charge on any atom is 0.253 e. The molecule has 0 N–H and O–H groups in total. The second kappa shape index (κ2) is 6.33. The molecule has 0 aliphatic rings. The van der Waals surface area contributed by atoms with Gasteiger partial charge >= 0.3 is 0 Å². The molecule has 1 aromatic carbocycles. The summed E-state index contributed by atoms with van der Waals surface area (Å²) >= 11 is 0. The Labute approximate surface area is 120 Å². The molecule has 0 radical (unpaired) electrons. The van der Waals surface area contributed by atoms with Gasteiger partial charge in [0.15, 0.2) is 0 Å². The molecule has 0 saturated carbocycles. The minimum absolute atomic E-state index is 0.532. The molecule has 0 unspecified atom stereocenters. The Kier molecular flexibility index (Phi) is 4.51. The van der Waals surface area contributed by atoms with Crippen molar-refractivity contribution in [3.63, 3.8) is 0 Å². The number of nitrogens with zero attached hydrogens (tertiary/aromatic N) is 2. The Bertz CT molecular complexity index is 619. The van der Waals surface area contributed by atoms with Gasteiger partial charge in [-0.05, 0) is 19.8 Å². The highest BCUT2D eigenvalue weighted by Gasteiger charge is 2.09. The Morgan fingerprint density at radius 1 is 1.20 bits per heavy atom. The molecule has 104 valence electrons. The van der Waals surface area contributed by atoms with Gasteiger partial charge in [-0.15, -0.1) is 0 Å². The molecule has 20 heavy (non-hydrogen) atoms. The molecule has 1 aromatic heterocycles. The highest BCUT2D eigenvalue weighted by molar-refractivity contribution is 5.61. The number of rotatable bonds is 4. The molecule has 0 aliphatic heterocycles. The van der Waals surface area contributed by atoms with Crippen LogP contribution in [0.15, 0.2) is 47.0 Å². The Balaban J connectivity index is 2.18. The van der Waals surface area contributed by atoms with E-state index in [2.05, 4.69) is 37.0 Å². The van der Waals surface area contributed by atoms with Crippen LogP contribution in [0.2, 0.25) is 0 Å². The summed E-state index contributed by atoms with van der Waals surface area (Å²) in [5.74, 6) is 1.72. The maximum atomic E-state index is 5.31. The van der Waals surface area contributed by atoms with E-state index in [1.54, 1.807) is 0 Å². The van der Waals surface area contributed by atoms with Crippen LogP contribution < -0.4 is 0 Å². The van der Waals surface area contributed by atoms with Gasteiger partial charge in [-0.2, -0.15) is 4.98 Å². The molecule has 0 fully saturated rings. The van der Waals surface area contributed by atoms with Crippen LogP contribution in [0.4, 0.5) is 0 Å². The fraction of sp³-hybridized carbons (Fsp3) is 0.294. The van der Waals surface area contributed by atoms with Crippen LogP contribution in [0.25, 0.3) is 17.0 Å². The quantitative estimate of drug-likeness (QED) is 0.757. The molecule has 0 bridgehead atoms. The van der Waals surface area contributed by atoms with Crippen LogP contribution in [-0.2, 0) is 0 Å². The largest absolute Gasteiger partial charge is 0.334 e. The van der Waals surface area contributed by atoms with Crippen molar-refractivity contribution < 1.29 is 4.52 Å². The number of aromatic nitrogens is 2. The Morgan fingerprint density at radius 2 is 1.90 bits per heavy atom. The van der Waals surface area contributed by atoms with Gasteiger partial charge in [-0.25, -0.2) is 0 Å². The van der Waals surface area contributed by atoms with Gasteiger partial charge in [0.25, 0.3) is 5.89 Å². The molecular formula is C17H20N2O. The van der Waals surface area contributed by atoms with Crippen molar-refractivity contribution in [2.24, 2.45) is 5.92 Å². The van der Waals surface area contributed by atoms with Crippen LogP contribution >= 0.6 is 0 Å². The number of allylic oxidation sites excluding steroid dienone is 4. The average molecular weight is 268 g/mol. The summed E-state index contributed by atoms with van der Waals surface area (Å²) in [6.07, 6.45) is 6.14. The average Bonchev–Trinajstić information content (AvgIpc) is 2.88. The maximum absolute atomic E-state index is 5.31. The predicted molar refractivity (Wildman–Crippen MR) is 82.1 cm³/mol. The van der Waals surface area contributed by atoms with Crippen molar-refractivity contribution in [2.75, 3.05) is 0 Å². The summed E-state index contributed by atoms with van der Waals surface area (Å²) in [5, 5.41) is 4.03. The van der Waals surface area contributed by atoms with Crippen molar-refractivity contribution >= 4 is 5.57 Å². The summed E-state index contributed by atoms with van der Waals surface area (Å²) in [6.45, 7) is 8.31. The normalized spacial score (nSPS) is 12.6. The van der Waals surface area contributed by atoms with Crippen molar-refractivity contribution in [2.45, 2.75) is 27.7 Å². The van der Waals surface area contributed by atoms with Crippen molar-refractivity contribution in [1.29, 1.82) is 0 Å². The molecule has 0 atom stereocenters. The second-order valence-corrected chi connectivity index (χ2v) is 5.27. The summed E-state index contributed by atoms with van der Waals surface area (Å²) in [4.78, 5) is 4.43. The first-order valence-electron chi connectivity index (χ1n) is 6.82. The van der Waals surface area contributed by atoms with Crippen molar-refractivity contribution in [3.8, 4) is 11.4 Å². The van der Waals surface area contributed by atoms with E-state index >= 15 is 0 Å². The molecule has 0 aliphatic carbocycles. The van der Waals surface area contributed by atoms with Gasteiger partial charge in [0.2, 0.25) is 5.82 Å². The zero-order valence-electron chi connectivity index (χ0n) is 12.4. The lowest BCUT2D eigenvalue weighted by atomic mass is 10.1. The zero-order valence-corrected chi connectivity index (χ0v) is 12.4. The Morgan fingerprint density at radius 3 is 2.55 bits per heavy atom. The zero-order chi connectivity index (χ0) is 14.5. The highest BCUT2D eigenvalue weighted by atomic mass is 16.5. The van der Waals surface area contributed by atoms with E-state index in [4.69, 9.17) is 4.52 Å². The smallest absolute Gasteiger partial charge is 0.253 e. The van der Waals surface area contributed by atoms with Gasteiger partial charge in [0.05, 0.1) is 0 Å². The predicted octanol–water partition coefficient (Wildman–Crippen LogP) is 4.66. The van der Waals surface area contributed by atoms with Crippen molar-refractivity contribution in [3.05, 3.63) is 53.9 Å². The van der Waals surface area contributed by atoms with E-state index in [0.717, 1.165) is 11.1 Å². The molecule has 1 heterocycles. The minimum atomic E-state index is 0.532. The van der Waals surface area contributed by atoms with Gasteiger partial charge in [-0.1, -0.05) is 67.1 Å². The fourth-order valence-electron chi connectivity index (χ4n) is 1.70. The summed E-state index contributed by atoms with van der Waals surface area (Å²) in [6, 6.07) is 8.09. The van der Waals surface area contributed by atoms with Gasteiger partial charge in [0.1, 0.15) is 0 Å². The first-order chi connectivity index (χ1) is 9.56. The first kappa shape index (κ1) is 14.3. The third-order valence-corrected chi connectivity index (χ3v) is 2.92. The van der Waals surface area contributed by atoms with E-state index in [-0.39, 0.29) is 0 Å². The first-order valence-corrected chi connectivity index (χ1v) is 6.82. The van der Waals surface area contributed by atoms with Crippen LogP contribution in [0.3, 0.4) is 0 Å². The molecule has 3 heteroatoms. The lowest BCUT2D eigenvalue weighted by Gasteiger charge is -1.94. The number of benzene rings is 1. The second-order valence-electron chi connectivity index (χ2n) is 5.27. The molecule has 0 spiro atoms. The molecule has 2 aromatic rings. The van der Waals surface area contributed by atoms with Crippen molar-refractivity contribution in [1.82, 2.24) is 10.1 Å². The van der Waals surface area contributed by atoms with Crippen LogP contribution in [0.5, 0.6) is 0 Å². The third kappa shape index (κ3) is 3.67. The summed E-state index contributed by atoms with van der Waals surface area (Å²) < 4.78 is 5.31. The van der Waals surface area contributed by atoms with E-state index in [9.17, 15) is 0 Å². The van der Waals surface area contributed by atoms with Gasteiger partial charge in [-0.3, -0.25) is 0 Å². The van der Waals surface area contributed by atoms with E-state index < -0.39 is 0 Å². The molecule has 0 saturated heterocycles. The number of hydrogen-bond acceptors (Lipinski definition) is 3. The molecule has 0 amide bonds. The SMILES string of the molecule is C/C(=C\C=C\C(C)C)c1nc(-c2ccc(C)cc2)no1. The molecule has 3 nitrogen and oxygen atoms in total. The molecule has 2 rings (SSSR count). The third-order valence-electron chi connectivity index (χ3n) is 2.92. The van der Waals surface area contributed by atoms with E-state index in [1.165, 1.54) is 5.56 Å². The van der Waals surface area contributed by atoms with Gasteiger partial charge < -0.3 is 4.52 Å². The Hall–Kier alpha value is -2.16. The van der Waals surface area contributed by atoms with E-state index in [1.807, 2.05) is 43.3 Å². The fourth-order valence-corrected chi connectivity index (χ4v) is 1.70. The highest BCUT2D eigenvalue weighted by Crippen LogP contribution is 2.19. The standard InChI is InChI=1S/C17H20N2O/c1-12(2)6-5-7-14(4)17-18-16(19-20-17)15-10-8-13(3)9-11-15/h5-12H,1-4H3/b6-5+,14-7+. The number of aryl methyl sites for hydroxylation is 1. The van der Waals surface area contributed by atoms with Crippen LogP contribution in [0.1, 0.15) is 32.2 Å². The number of hydrogen-bond donors (Lipinski definition) is 0. The van der Waals surface area contributed by atoms with Crippen LogP contribution in [-0.4, -0.2) is 10.1 Å². The summed E-state index contributed by atoms with van der Waals surface area (Å²) in [5.41, 5.74) is 3.15. The van der Waals surface area contributed by atoms with Gasteiger partial charge in [0, 0.05) is 11.1 Å². The monoisotopic (exact) mass is 268 g/mol. The van der Waals surface area contributed by atoms with E-state index in [0.29, 0.717) is 17.6 Å².